The molecule has 6 heteroatoms. The highest BCUT2D eigenvalue weighted by atomic mass is 16.5. The summed E-state index contributed by atoms with van der Waals surface area (Å²) in [6.07, 6.45) is 3.66. The van der Waals surface area contributed by atoms with Gasteiger partial charge < -0.3 is 9.84 Å². The third-order valence-corrected chi connectivity index (χ3v) is 4.98. The minimum absolute atomic E-state index is 0.100. The maximum Gasteiger partial charge on any atom is 0.313 e. The van der Waals surface area contributed by atoms with Crippen LogP contribution in [0.5, 0.6) is 0 Å². The molecule has 0 aliphatic carbocycles. The van der Waals surface area contributed by atoms with Gasteiger partial charge in [0.05, 0.1) is 18.9 Å². The Balaban J connectivity index is 1.46. The lowest BCUT2D eigenvalue weighted by Gasteiger charge is -2.22. The second-order valence-electron chi connectivity index (χ2n) is 6.46. The molecule has 0 amide bonds. The van der Waals surface area contributed by atoms with Crippen LogP contribution >= 0.6 is 0 Å². The van der Waals surface area contributed by atoms with E-state index in [0.29, 0.717) is 19.8 Å². The normalized spacial score (nSPS) is 27.2. The van der Waals surface area contributed by atoms with Gasteiger partial charge >= 0.3 is 5.97 Å². The van der Waals surface area contributed by atoms with Crippen molar-refractivity contribution in [2.24, 2.45) is 11.3 Å². The average Bonchev–Trinajstić information content (AvgIpc) is 3.23. The molecule has 3 heterocycles. The molecule has 2 saturated heterocycles. The summed E-state index contributed by atoms with van der Waals surface area (Å²) in [6, 6.07) is 10.1. The van der Waals surface area contributed by atoms with Gasteiger partial charge in [0, 0.05) is 37.9 Å². The minimum Gasteiger partial charge on any atom is -0.481 e. The molecule has 1 aromatic heterocycles. The van der Waals surface area contributed by atoms with Crippen molar-refractivity contribution in [1.29, 1.82) is 0 Å². The molecule has 4 rings (SSSR count). The Bertz CT molecular complexity index is 698. The lowest BCUT2D eigenvalue weighted by atomic mass is 9.81. The largest absolute Gasteiger partial charge is 0.481 e. The van der Waals surface area contributed by atoms with Gasteiger partial charge in [-0.2, -0.15) is 5.10 Å². The molecule has 0 bridgehead atoms. The summed E-state index contributed by atoms with van der Waals surface area (Å²) in [6.45, 7) is 3.01. The first kappa shape index (κ1) is 14.4. The van der Waals surface area contributed by atoms with Crippen LogP contribution in [0.4, 0.5) is 0 Å². The highest BCUT2D eigenvalue weighted by molar-refractivity contribution is 5.76. The van der Waals surface area contributed by atoms with E-state index in [2.05, 4.69) is 22.1 Å². The zero-order valence-electron chi connectivity index (χ0n) is 12.8. The van der Waals surface area contributed by atoms with Crippen molar-refractivity contribution in [3.8, 4) is 5.69 Å². The van der Waals surface area contributed by atoms with E-state index in [0.717, 1.165) is 18.8 Å². The van der Waals surface area contributed by atoms with E-state index in [1.54, 1.807) is 6.20 Å². The Morgan fingerprint density at radius 2 is 2.22 bits per heavy atom. The first-order chi connectivity index (χ1) is 11.2. The van der Waals surface area contributed by atoms with E-state index in [-0.39, 0.29) is 5.92 Å². The highest BCUT2D eigenvalue weighted by Crippen LogP contribution is 2.41. The Morgan fingerprint density at radius 1 is 1.39 bits per heavy atom. The van der Waals surface area contributed by atoms with Gasteiger partial charge in [-0.25, -0.2) is 4.68 Å². The van der Waals surface area contributed by atoms with Gasteiger partial charge in [-0.3, -0.25) is 9.69 Å². The number of hydrogen-bond donors (Lipinski definition) is 1. The number of carboxylic acid groups (broad SMARTS) is 1. The number of benzene rings is 1. The molecule has 2 fully saturated rings. The fourth-order valence-electron chi connectivity index (χ4n) is 3.70. The van der Waals surface area contributed by atoms with Crippen LogP contribution in [0.25, 0.3) is 5.69 Å². The average molecular weight is 313 g/mol. The summed E-state index contributed by atoms with van der Waals surface area (Å²) in [5.74, 6) is -0.625. The second-order valence-corrected chi connectivity index (χ2v) is 6.46. The summed E-state index contributed by atoms with van der Waals surface area (Å²) in [7, 11) is 0. The molecule has 2 atom stereocenters. The third-order valence-electron chi connectivity index (χ3n) is 4.98. The van der Waals surface area contributed by atoms with E-state index in [1.807, 2.05) is 29.1 Å². The molecule has 23 heavy (non-hydrogen) atoms. The number of hydrogen-bond acceptors (Lipinski definition) is 4. The Labute approximate surface area is 134 Å². The molecule has 0 spiro atoms. The second kappa shape index (κ2) is 5.47. The molecule has 0 unspecified atom stereocenters. The van der Waals surface area contributed by atoms with Crippen LogP contribution in [0.1, 0.15) is 5.56 Å². The predicted molar refractivity (Wildman–Crippen MR) is 83.2 cm³/mol. The van der Waals surface area contributed by atoms with Gasteiger partial charge in [-0.1, -0.05) is 12.1 Å². The Hall–Kier alpha value is -2.18. The first-order valence-corrected chi connectivity index (χ1v) is 7.80. The van der Waals surface area contributed by atoms with Gasteiger partial charge in [0.25, 0.3) is 0 Å². The monoisotopic (exact) mass is 313 g/mol. The maximum absolute atomic E-state index is 11.7. The molecule has 2 aliphatic rings. The molecular weight excluding hydrogens is 294 g/mol. The van der Waals surface area contributed by atoms with Crippen molar-refractivity contribution < 1.29 is 14.6 Å². The van der Waals surface area contributed by atoms with Crippen LogP contribution in [0, 0.1) is 11.3 Å². The zero-order chi connectivity index (χ0) is 15.9. The molecule has 120 valence electrons. The Morgan fingerprint density at radius 3 is 2.87 bits per heavy atom. The van der Waals surface area contributed by atoms with Crippen molar-refractivity contribution in [3.05, 3.63) is 48.3 Å². The summed E-state index contributed by atoms with van der Waals surface area (Å²) in [5, 5.41) is 13.8. The highest BCUT2D eigenvalue weighted by Gasteiger charge is 2.55. The molecule has 6 nitrogen and oxygen atoms in total. The topological polar surface area (TPSA) is 67.6 Å². The van der Waals surface area contributed by atoms with Crippen LogP contribution < -0.4 is 0 Å². The quantitative estimate of drug-likeness (QED) is 0.924. The predicted octanol–water partition coefficient (Wildman–Crippen LogP) is 1.41. The number of carbonyl (C=O) groups is 1. The standard InChI is InChI=1S/C17H19N3O3/c21-16(22)17-11-19(9-14(17)10-23-12-17)8-13-2-4-15(5-3-13)20-7-1-6-18-20/h1-7,14H,8-12H2,(H,21,22)/t14-,17-/m1/s1. The number of ether oxygens (including phenoxy) is 1. The fourth-order valence-corrected chi connectivity index (χ4v) is 3.70. The summed E-state index contributed by atoms with van der Waals surface area (Å²) in [4.78, 5) is 13.9. The maximum atomic E-state index is 11.7. The number of fused-ring (bicyclic) bond motifs is 1. The minimum atomic E-state index is -0.725. The van der Waals surface area contributed by atoms with Crippen molar-refractivity contribution >= 4 is 5.97 Å². The van der Waals surface area contributed by atoms with Gasteiger partial charge in [-0.05, 0) is 23.8 Å². The molecule has 1 N–H and O–H groups in total. The van der Waals surface area contributed by atoms with Gasteiger partial charge in [-0.15, -0.1) is 0 Å². The van der Waals surface area contributed by atoms with Crippen molar-refractivity contribution in [2.45, 2.75) is 6.54 Å². The van der Waals surface area contributed by atoms with Crippen molar-refractivity contribution in [2.75, 3.05) is 26.3 Å². The van der Waals surface area contributed by atoms with Gasteiger partial charge in [0.1, 0.15) is 5.41 Å². The smallest absolute Gasteiger partial charge is 0.313 e. The SMILES string of the molecule is O=C(O)[C@]12COC[C@H]1CN(Cc1ccc(-n3cccn3)cc1)C2. The van der Waals surface area contributed by atoms with Crippen LogP contribution in [0.3, 0.4) is 0 Å². The van der Waals surface area contributed by atoms with Crippen LogP contribution in [-0.2, 0) is 16.1 Å². The van der Waals surface area contributed by atoms with Crippen molar-refractivity contribution in [3.63, 3.8) is 0 Å². The number of carboxylic acids is 1. The van der Waals surface area contributed by atoms with Gasteiger partial charge in [0.15, 0.2) is 0 Å². The molecule has 1 aromatic carbocycles. The summed E-state index contributed by atoms with van der Waals surface area (Å²) in [5.41, 5.74) is 1.49. The number of aromatic nitrogens is 2. The molecule has 0 radical (unpaired) electrons. The van der Waals surface area contributed by atoms with E-state index in [9.17, 15) is 9.90 Å². The first-order valence-electron chi connectivity index (χ1n) is 7.80. The zero-order valence-corrected chi connectivity index (χ0v) is 12.8. The van der Waals surface area contributed by atoms with Gasteiger partial charge in [0.2, 0.25) is 0 Å². The molecule has 2 aliphatic heterocycles. The number of rotatable bonds is 4. The molecular formula is C17H19N3O3. The third kappa shape index (κ3) is 2.44. The van der Waals surface area contributed by atoms with Crippen LogP contribution in [-0.4, -0.2) is 52.1 Å². The number of likely N-dealkylation sites (tertiary alicyclic amines) is 1. The van der Waals surface area contributed by atoms with Crippen LogP contribution in [0.2, 0.25) is 0 Å². The number of aliphatic carboxylic acids is 1. The Kier molecular flexibility index (Phi) is 3.43. The van der Waals surface area contributed by atoms with Crippen molar-refractivity contribution in [1.82, 2.24) is 14.7 Å². The van der Waals surface area contributed by atoms with E-state index in [1.165, 1.54) is 5.56 Å². The van der Waals surface area contributed by atoms with Crippen LogP contribution in [0.15, 0.2) is 42.7 Å². The lowest BCUT2D eigenvalue weighted by molar-refractivity contribution is -0.149. The number of nitrogens with zero attached hydrogens (tertiary/aromatic N) is 3. The lowest BCUT2D eigenvalue weighted by Crippen LogP contribution is -2.38. The molecule has 2 aromatic rings. The fraction of sp³-hybridized carbons (Fsp3) is 0.412. The summed E-state index contributed by atoms with van der Waals surface area (Å²) >= 11 is 0. The van der Waals surface area contributed by atoms with E-state index < -0.39 is 11.4 Å². The molecule has 0 saturated carbocycles. The summed E-state index contributed by atoms with van der Waals surface area (Å²) < 4.78 is 7.23. The van der Waals surface area contributed by atoms with E-state index >= 15 is 0 Å². The van der Waals surface area contributed by atoms with E-state index in [4.69, 9.17) is 4.74 Å².